The monoisotopic (exact) mass is 437 g/mol. The molecular formula is C22H25Cl2NO4. The van der Waals surface area contributed by atoms with Crippen LogP contribution >= 0.6 is 23.2 Å². The van der Waals surface area contributed by atoms with Crippen molar-refractivity contribution < 1.29 is 19.4 Å². The summed E-state index contributed by atoms with van der Waals surface area (Å²) in [4.78, 5) is 14.0. The van der Waals surface area contributed by atoms with E-state index in [4.69, 9.17) is 32.7 Å². The van der Waals surface area contributed by atoms with Crippen molar-refractivity contribution >= 4 is 29.2 Å². The molecule has 2 aromatic rings. The maximum atomic E-state index is 12.0. The Balaban J connectivity index is 2.13. The number of nitrogens with zero attached hydrogens (tertiary/aromatic N) is 1. The van der Waals surface area contributed by atoms with Gasteiger partial charge in [0.2, 0.25) is 0 Å². The van der Waals surface area contributed by atoms with Crippen molar-refractivity contribution in [1.82, 2.24) is 4.90 Å². The highest BCUT2D eigenvalue weighted by Crippen LogP contribution is 2.39. The number of hydrogen-bond acceptors (Lipinski definition) is 4. The molecule has 0 aliphatic carbocycles. The molecular weight excluding hydrogens is 413 g/mol. The lowest BCUT2D eigenvalue weighted by Crippen LogP contribution is -2.46. The lowest BCUT2D eigenvalue weighted by Gasteiger charge is -2.39. The predicted octanol–water partition coefficient (Wildman–Crippen LogP) is 5.43. The van der Waals surface area contributed by atoms with Crippen molar-refractivity contribution in [3.63, 3.8) is 0 Å². The lowest BCUT2D eigenvalue weighted by molar-refractivity contribution is -0.145. The molecule has 156 valence electrons. The van der Waals surface area contributed by atoms with E-state index in [2.05, 4.69) is 0 Å². The Bertz CT molecular complexity index is 874. The lowest BCUT2D eigenvalue weighted by atomic mass is 9.91. The van der Waals surface area contributed by atoms with Crippen LogP contribution in [0.5, 0.6) is 11.5 Å². The molecule has 2 atom stereocenters. The number of carboxylic acids is 1. The van der Waals surface area contributed by atoms with Gasteiger partial charge in [0.1, 0.15) is 6.04 Å². The summed E-state index contributed by atoms with van der Waals surface area (Å²) >= 11 is 12.4. The van der Waals surface area contributed by atoms with Crippen LogP contribution < -0.4 is 9.47 Å². The molecule has 0 bridgehead atoms. The van der Waals surface area contributed by atoms with Gasteiger partial charge in [-0.2, -0.15) is 0 Å². The molecule has 1 aliphatic heterocycles. The summed E-state index contributed by atoms with van der Waals surface area (Å²) in [5.74, 6) is 0.451. The smallest absolute Gasteiger partial charge is 0.320 e. The van der Waals surface area contributed by atoms with Crippen molar-refractivity contribution in [2.75, 3.05) is 20.3 Å². The molecule has 2 aromatic carbocycles. The third-order valence-corrected chi connectivity index (χ3v) is 5.96. The summed E-state index contributed by atoms with van der Waals surface area (Å²) in [7, 11) is 1.60. The number of rotatable bonds is 7. The average Bonchev–Trinajstić information content (AvgIpc) is 2.71. The van der Waals surface area contributed by atoms with E-state index in [0.717, 1.165) is 24.0 Å². The Morgan fingerprint density at radius 1 is 1.14 bits per heavy atom. The Labute approximate surface area is 181 Å². The van der Waals surface area contributed by atoms with Gasteiger partial charge in [-0.05, 0) is 61.7 Å². The highest BCUT2D eigenvalue weighted by atomic mass is 35.5. The molecule has 1 fully saturated rings. The number of piperidine rings is 1. The van der Waals surface area contributed by atoms with E-state index >= 15 is 0 Å². The molecule has 1 aliphatic rings. The molecule has 29 heavy (non-hydrogen) atoms. The summed E-state index contributed by atoms with van der Waals surface area (Å²) in [6, 6.07) is 10.3. The van der Waals surface area contributed by atoms with Gasteiger partial charge in [0, 0.05) is 0 Å². The van der Waals surface area contributed by atoms with Gasteiger partial charge in [-0.1, -0.05) is 41.8 Å². The molecule has 5 nitrogen and oxygen atoms in total. The first-order chi connectivity index (χ1) is 14.0. The van der Waals surface area contributed by atoms with Gasteiger partial charge in [0.25, 0.3) is 0 Å². The minimum atomic E-state index is -0.812. The normalized spacial score (nSPS) is 18.3. The summed E-state index contributed by atoms with van der Waals surface area (Å²) in [6.07, 6.45) is 2.45. The average molecular weight is 438 g/mol. The maximum Gasteiger partial charge on any atom is 0.320 e. The fraction of sp³-hybridized carbons (Fsp3) is 0.409. The number of likely N-dealkylation sites (tertiary alicyclic amines) is 1. The number of halogens is 2. The number of carbonyl (C=O) groups is 1. The van der Waals surface area contributed by atoms with Crippen molar-refractivity contribution in [3.8, 4) is 11.5 Å². The molecule has 1 N–H and O–H groups in total. The Hall–Kier alpha value is -1.95. The molecule has 1 saturated heterocycles. The van der Waals surface area contributed by atoms with Crippen LogP contribution in [0, 0.1) is 0 Å². The molecule has 3 rings (SSSR count). The van der Waals surface area contributed by atoms with Crippen LogP contribution in [0.4, 0.5) is 0 Å². The maximum absolute atomic E-state index is 12.0. The Morgan fingerprint density at radius 2 is 1.86 bits per heavy atom. The van der Waals surface area contributed by atoms with Gasteiger partial charge >= 0.3 is 5.97 Å². The van der Waals surface area contributed by atoms with Crippen LogP contribution in [0.15, 0.2) is 36.4 Å². The quantitative estimate of drug-likeness (QED) is 0.625. The zero-order valence-electron chi connectivity index (χ0n) is 16.5. The number of ether oxygens (including phenoxy) is 2. The van der Waals surface area contributed by atoms with Gasteiger partial charge in [0.05, 0.1) is 29.8 Å². The van der Waals surface area contributed by atoms with Crippen LogP contribution in [-0.4, -0.2) is 42.3 Å². The zero-order chi connectivity index (χ0) is 21.0. The summed E-state index contributed by atoms with van der Waals surface area (Å²) in [6.45, 7) is 3.09. The van der Waals surface area contributed by atoms with Gasteiger partial charge in [-0.3, -0.25) is 9.69 Å². The van der Waals surface area contributed by atoms with E-state index in [1.54, 1.807) is 13.2 Å². The fourth-order valence-corrected chi connectivity index (χ4v) is 4.22. The van der Waals surface area contributed by atoms with Crippen LogP contribution in [0.25, 0.3) is 0 Å². The highest BCUT2D eigenvalue weighted by Gasteiger charge is 2.35. The molecule has 7 heteroatoms. The van der Waals surface area contributed by atoms with Crippen molar-refractivity contribution in [2.45, 2.75) is 38.3 Å². The first-order valence-corrected chi connectivity index (χ1v) is 10.5. The largest absolute Gasteiger partial charge is 0.493 e. The molecule has 0 spiro atoms. The number of aliphatic carboxylic acids is 1. The molecule has 0 radical (unpaired) electrons. The van der Waals surface area contributed by atoms with Gasteiger partial charge < -0.3 is 14.6 Å². The first-order valence-electron chi connectivity index (χ1n) is 9.70. The van der Waals surface area contributed by atoms with E-state index in [1.165, 1.54) is 0 Å². The Kier molecular flexibility index (Phi) is 7.28. The zero-order valence-corrected chi connectivity index (χ0v) is 18.0. The number of methoxy groups -OCH3 is 1. The summed E-state index contributed by atoms with van der Waals surface area (Å²) < 4.78 is 11.2. The molecule has 1 heterocycles. The van der Waals surface area contributed by atoms with Crippen LogP contribution in [0.2, 0.25) is 10.0 Å². The van der Waals surface area contributed by atoms with Crippen LogP contribution in [0.3, 0.4) is 0 Å². The van der Waals surface area contributed by atoms with E-state index in [-0.39, 0.29) is 6.04 Å². The Morgan fingerprint density at radius 3 is 2.52 bits per heavy atom. The van der Waals surface area contributed by atoms with Crippen molar-refractivity contribution in [1.29, 1.82) is 0 Å². The SMILES string of the molecule is CCOc1cc(C(c2ccc(Cl)c(Cl)c2)N2CCCCC2C(=O)O)ccc1OC. The predicted molar refractivity (Wildman–Crippen MR) is 114 cm³/mol. The van der Waals surface area contributed by atoms with Gasteiger partial charge in [0.15, 0.2) is 11.5 Å². The second-order valence-corrected chi connectivity index (χ2v) is 7.82. The molecule has 0 saturated carbocycles. The van der Waals surface area contributed by atoms with Gasteiger partial charge in [-0.15, -0.1) is 0 Å². The summed E-state index contributed by atoms with van der Waals surface area (Å²) in [5, 5.41) is 10.7. The van der Waals surface area contributed by atoms with E-state index < -0.39 is 12.0 Å². The molecule has 0 amide bonds. The van der Waals surface area contributed by atoms with E-state index in [9.17, 15) is 9.90 Å². The number of carboxylic acid groups (broad SMARTS) is 1. The summed E-state index contributed by atoms with van der Waals surface area (Å²) in [5.41, 5.74) is 1.81. The van der Waals surface area contributed by atoms with E-state index in [1.807, 2.05) is 42.2 Å². The van der Waals surface area contributed by atoms with Crippen LogP contribution in [0.1, 0.15) is 43.4 Å². The van der Waals surface area contributed by atoms with Crippen molar-refractivity contribution in [2.24, 2.45) is 0 Å². The van der Waals surface area contributed by atoms with E-state index in [0.29, 0.717) is 41.1 Å². The van der Waals surface area contributed by atoms with Gasteiger partial charge in [-0.25, -0.2) is 0 Å². The second-order valence-electron chi connectivity index (χ2n) is 7.01. The fourth-order valence-electron chi connectivity index (χ4n) is 3.92. The third kappa shape index (κ3) is 4.80. The second kappa shape index (κ2) is 9.70. The molecule has 0 aromatic heterocycles. The third-order valence-electron chi connectivity index (χ3n) is 5.22. The standard InChI is InChI=1S/C22H25Cl2NO4/c1-3-29-20-13-15(8-10-19(20)28-2)21(14-7-9-16(23)17(24)12-14)25-11-5-4-6-18(25)22(26)27/h7-10,12-13,18,21H,3-6,11H2,1-2H3,(H,26,27). The number of hydrogen-bond donors (Lipinski definition) is 1. The topological polar surface area (TPSA) is 59.0 Å². The minimum absolute atomic E-state index is 0.295. The number of benzene rings is 2. The molecule has 2 unspecified atom stereocenters. The highest BCUT2D eigenvalue weighted by molar-refractivity contribution is 6.42. The minimum Gasteiger partial charge on any atom is -0.493 e. The van der Waals surface area contributed by atoms with Crippen molar-refractivity contribution in [3.05, 3.63) is 57.6 Å². The van der Waals surface area contributed by atoms with Crippen LogP contribution in [-0.2, 0) is 4.79 Å². The first kappa shape index (κ1) is 21.8.